The first-order valence-electron chi connectivity index (χ1n) is 6.77. The third-order valence-electron chi connectivity index (χ3n) is 3.28. The summed E-state index contributed by atoms with van der Waals surface area (Å²) in [5.41, 5.74) is 0.798. The summed E-state index contributed by atoms with van der Waals surface area (Å²) in [4.78, 5) is 35.8. The second-order valence-electron chi connectivity index (χ2n) is 4.89. The van der Waals surface area contributed by atoms with E-state index < -0.39 is 16.1 Å². The summed E-state index contributed by atoms with van der Waals surface area (Å²) in [6, 6.07) is 11.5. The molecule has 0 spiro atoms. The second kappa shape index (κ2) is 6.17. The fourth-order valence-electron chi connectivity index (χ4n) is 2.17. The Bertz CT molecular complexity index is 876. The lowest BCUT2D eigenvalue weighted by Crippen LogP contribution is -2.27. The number of rotatable bonds is 3. The van der Waals surface area contributed by atoms with Gasteiger partial charge in [0.2, 0.25) is 0 Å². The van der Waals surface area contributed by atoms with E-state index in [-0.39, 0.29) is 22.0 Å². The number of non-ortho nitro benzene ring substituents is 1. The summed E-state index contributed by atoms with van der Waals surface area (Å²) < 4.78 is 0. The van der Waals surface area contributed by atoms with Crippen LogP contribution in [0.25, 0.3) is 6.08 Å². The van der Waals surface area contributed by atoms with Crippen LogP contribution < -0.4 is 4.90 Å². The van der Waals surface area contributed by atoms with Crippen LogP contribution in [0.3, 0.4) is 0 Å². The van der Waals surface area contributed by atoms with Crippen LogP contribution in [-0.2, 0) is 4.79 Å². The lowest BCUT2D eigenvalue weighted by Gasteiger charge is -2.12. The molecule has 0 saturated carbocycles. The molecule has 0 atom stereocenters. The zero-order chi connectivity index (χ0) is 17.3. The van der Waals surface area contributed by atoms with E-state index in [1.807, 2.05) is 0 Å². The molecule has 0 radical (unpaired) electrons. The number of carbonyl (C=O) groups is 2. The number of nitrogens with zero attached hydrogens (tertiary/aromatic N) is 2. The van der Waals surface area contributed by atoms with Crippen LogP contribution in [0, 0.1) is 10.1 Å². The van der Waals surface area contributed by atoms with Crippen molar-refractivity contribution in [2.24, 2.45) is 0 Å². The standard InChI is InChI=1S/C16H10N2O5S/c19-13-3-1-2-12(9-13)17-15(20)14(24-16(17)21)8-10-4-6-11(7-5-10)18(22)23/h1-9,19H/b14-8+. The van der Waals surface area contributed by atoms with Crippen molar-refractivity contribution in [3.63, 3.8) is 0 Å². The molecule has 2 amide bonds. The van der Waals surface area contributed by atoms with E-state index in [4.69, 9.17) is 0 Å². The fraction of sp³-hybridized carbons (Fsp3) is 0. The Hall–Kier alpha value is -3.13. The monoisotopic (exact) mass is 342 g/mol. The number of anilines is 1. The van der Waals surface area contributed by atoms with Crippen LogP contribution in [-0.4, -0.2) is 21.2 Å². The van der Waals surface area contributed by atoms with E-state index in [1.165, 1.54) is 48.5 Å². The van der Waals surface area contributed by atoms with E-state index in [1.54, 1.807) is 6.07 Å². The topological polar surface area (TPSA) is 101 Å². The Morgan fingerprint density at radius 2 is 1.83 bits per heavy atom. The van der Waals surface area contributed by atoms with Crippen molar-refractivity contribution in [1.82, 2.24) is 0 Å². The van der Waals surface area contributed by atoms with Crippen molar-refractivity contribution in [3.05, 3.63) is 69.1 Å². The van der Waals surface area contributed by atoms with Crippen molar-refractivity contribution in [3.8, 4) is 5.75 Å². The van der Waals surface area contributed by atoms with Gasteiger partial charge in [0, 0.05) is 18.2 Å². The first-order chi connectivity index (χ1) is 11.5. The average molecular weight is 342 g/mol. The lowest BCUT2D eigenvalue weighted by atomic mass is 10.2. The number of hydrogen-bond donors (Lipinski definition) is 1. The summed E-state index contributed by atoms with van der Waals surface area (Å²) in [6.07, 6.45) is 1.50. The first-order valence-corrected chi connectivity index (χ1v) is 7.59. The number of phenolic OH excluding ortho intramolecular Hbond substituents is 1. The highest BCUT2D eigenvalue weighted by Crippen LogP contribution is 2.36. The highest BCUT2D eigenvalue weighted by Gasteiger charge is 2.36. The smallest absolute Gasteiger partial charge is 0.298 e. The van der Waals surface area contributed by atoms with E-state index in [9.17, 15) is 24.8 Å². The Kier molecular flexibility index (Phi) is 4.05. The molecule has 2 aromatic rings. The minimum absolute atomic E-state index is 0.0501. The molecule has 24 heavy (non-hydrogen) atoms. The highest BCUT2D eigenvalue weighted by molar-refractivity contribution is 8.19. The number of amides is 2. The lowest BCUT2D eigenvalue weighted by molar-refractivity contribution is -0.384. The number of nitro groups is 1. The molecule has 0 bridgehead atoms. The molecule has 1 fully saturated rings. The van der Waals surface area contributed by atoms with Gasteiger partial charge in [0.25, 0.3) is 16.8 Å². The van der Waals surface area contributed by atoms with Crippen LogP contribution >= 0.6 is 11.8 Å². The molecule has 3 rings (SSSR count). The van der Waals surface area contributed by atoms with Gasteiger partial charge < -0.3 is 5.11 Å². The van der Waals surface area contributed by atoms with E-state index in [0.717, 1.165) is 16.7 Å². The van der Waals surface area contributed by atoms with Gasteiger partial charge in [-0.25, -0.2) is 4.90 Å². The molecule has 0 aliphatic carbocycles. The minimum atomic E-state index is -0.514. The first kappa shape index (κ1) is 15.8. The normalized spacial score (nSPS) is 16.0. The van der Waals surface area contributed by atoms with Gasteiger partial charge in [-0.1, -0.05) is 6.07 Å². The van der Waals surface area contributed by atoms with Crippen molar-refractivity contribution in [2.75, 3.05) is 4.90 Å². The number of thioether (sulfide) groups is 1. The molecular formula is C16H10N2O5S. The Morgan fingerprint density at radius 3 is 2.46 bits per heavy atom. The third-order valence-corrected chi connectivity index (χ3v) is 4.15. The maximum absolute atomic E-state index is 12.4. The summed E-state index contributed by atoms with van der Waals surface area (Å²) in [7, 11) is 0. The molecule has 120 valence electrons. The van der Waals surface area contributed by atoms with Gasteiger partial charge in [0.05, 0.1) is 15.5 Å². The molecule has 1 saturated heterocycles. The Labute approximate surface area is 140 Å². The molecule has 0 unspecified atom stereocenters. The molecule has 0 aromatic heterocycles. The van der Waals surface area contributed by atoms with Crippen molar-refractivity contribution in [1.29, 1.82) is 0 Å². The number of imide groups is 1. The minimum Gasteiger partial charge on any atom is -0.508 e. The Balaban J connectivity index is 1.89. The average Bonchev–Trinajstić information content (AvgIpc) is 2.82. The molecule has 1 aliphatic heterocycles. The van der Waals surface area contributed by atoms with Crippen LogP contribution in [0.1, 0.15) is 5.56 Å². The van der Waals surface area contributed by atoms with Crippen LogP contribution in [0.2, 0.25) is 0 Å². The van der Waals surface area contributed by atoms with Gasteiger partial charge in [-0.05, 0) is 47.7 Å². The van der Waals surface area contributed by atoms with Gasteiger partial charge in [-0.2, -0.15) is 0 Å². The molecule has 1 N–H and O–H groups in total. The second-order valence-corrected chi connectivity index (χ2v) is 5.88. The van der Waals surface area contributed by atoms with Crippen LogP contribution in [0.15, 0.2) is 53.4 Å². The zero-order valence-corrected chi connectivity index (χ0v) is 12.9. The number of carbonyl (C=O) groups excluding carboxylic acids is 2. The van der Waals surface area contributed by atoms with Gasteiger partial charge in [0.1, 0.15) is 5.75 Å². The van der Waals surface area contributed by atoms with Gasteiger partial charge >= 0.3 is 0 Å². The maximum atomic E-state index is 12.4. The summed E-state index contributed by atoms with van der Waals surface area (Å²) in [6.45, 7) is 0. The Morgan fingerprint density at radius 1 is 1.12 bits per heavy atom. The summed E-state index contributed by atoms with van der Waals surface area (Å²) in [5, 5.41) is 19.7. The summed E-state index contributed by atoms with van der Waals surface area (Å²) in [5.74, 6) is -0.556. The number of hydrogen-bond acceptors (Lipinski definition) is 6. The van der Waals surface area contributed by atoms with Gasteiger partial charge in [0.15, 0.2) is 0 Å². The van der Waals surface area contributed by atoms with Crippen molar-refractivity contribution < 1.29 is 19.6 Å². The van der Waals surface area contributed by atoms with Crippen molar-refractivity contribution >= 4 is 40.4 Å². The number of aromatic hydroxyl groups is 1. The number of benzene rings is 2. The van der Waals surface area contributed by atoms with Gasteiger partial charge in [-0.15, -0.1) is 0 Å². The number of nitro benzene ring substituents is 1. The third kappa shape index (κ3) is 2.99. The predicted octanol–water partition coefficient (Wildman–Crippen LogP) is 3.54. The highest BCUT2D eigenvalue weighted by atomic mass is 32.2. The fourth-order valence-corrected chi connectivity index (χ4v) is 3.01. The SMILES string of the molecule is O=C1S/C(=C/c2ccc([N+](=O)[O-])cc2)C(=O)N1c1cccc(O)c1. The zero-order valence-electron chi connectivity index (χ0n) is 12.1. The van der Waals surface area contributed by atoms with Crippen molar-refractivity contribution in [2.45, 2.75) is 0 Å². The molecule has 1 aliphatic rings. The maximum Gasteiger partial charge on any atom is 0.298 e. The quantitative estimate of drug-likeness (QED) is 0.520. The van der Waals surface area contributed by atoms with Gasteiger partial charge in [-0.3, -0.25) is 19.7 Å². The van der Waals surface area contributed by atoms with Crippen LogP contribution in [0.5, 0.6) is 5.75 Å². The predicted molar refractivity (Wildman–Crippen MR) is 89.7 cm³/mol. The molecular weight excluding hydrogens is 332 g/mol. The molecule has 1 heterocycles. The van der Waals surface area contributed by atoms with E-state index >= 15 is 0 Å². The largest absolute Gasteiger partial charge is 0.508 e. The molecule has 8 heteroatoms. The summed E-state index contributed by atoms with van der Waals surface area (Å²) >= 11 is 0.771. The molecule has 2 aromatic carbocycles. The number of phenols is 1. The van der Waals surface area contributed by atoms with Crippen LogP contribution in [0.4, 0.5) is 16.2 Å². The molecule has 7 nitrogen and oxygen atoms in total. The van der Waals surface area contributed by atoms with E-state index in [0.29, 0.717) is 5.56 Å². The van der Waals surface area contributed by atoms with E-state index in [2.05, 4.69) is 0 Å².